The van der Waals surface area contributed by atoms with Gasteiger partial charge in [-0.05, 0) is 376 Å². The highest BCUT2D eigenvalue weighted by molar-refractivity contribution is 6.10. The van der Waals surface area contributed by atoms with Crippen molar-refractivity contribution in [3.05, 3.63) is 269 Å². The third-order valence-corrected chi connectivity index (χ3v) is 24.2. The first-order valence-electron chi connectivity index (χ1n) is 38.5. The summed E-state index contributed by atoms with van der Waals surface area (Å²) in [6, 6.07) is 60.0. The van der Waals surface area contributed by atoms with Crippen molar-refractivity contribution in [3.63, 3.8) is 0 Å². The molecule has 2 nitrogen and oxygen atoms in total. The van der Waals surface area contributed by atoms with Gasteiger partial charge >= 0.3 is 0 Å². The number of rotatable bonds is 0. The Hall–Kier alpha value is -9.76. The molecule has 0 aliphatic carbocycles. The van der Waals surface area contributed by atoms with E-state index >= 15 is 0 Å². The van der Waals surface area contributed by atoms with Gasteiger partial charge in [0.05, 0.1) is 0 Å². The van der Waals surface area contributed by atoms with Gasteiger partial charge in [-0.1, -0.05) is 217 Å². The van der Waals surface area contributed by atoms with Gasteiger partial charge in [0.2, 0.25) is 0 Å². The van der Waals surface area contributed by atoms with Crippen LogP contribution in [0.5, 0.6) is 11.5 Å². The van der Waals surface area contributed by atoms with E-state index in [0.717, 1.165) is 87.6 Å². The zero-order valence-electron chi connectivity index (χ0n) is 68.9. The highest BCUT2D eigenvalue weighted by Crippen LogP contribution is 2.44. The number of hydrogen-bond acceptors (Lipinski definition) is 2. The summed E-state index contributed by atoms with van der Waals surface area (Å²) in [5.74, 6) is 0.572. The summed E-state index contributed by atoms with van der Waals surface area (Å²) >= 11 is 0. The zero-order valence-corrected chi connectivity index (χ0v) is 68.9. The maximum atomic E-state index is 12.7. The summed E-state index contributed by atoms with van der Waals surface area (Å²) in [4.78, 5) is 0. The van der Waals surface area contributed by atoms with Crippen molar-refractivity contribution in [2.24, 2.45) is 0 Å². The molecule has 0 aromatic heterocycles. The fourth-order valence-electron chi connectivity index (χ4n) is 18.1. The molecule has 0 saturated heterocycles. The Bertz CT molecular complexity index is 5470. The van der Waals surface area contributed by atoms with E-state index in [2.05, 4.69) is 352 Å². The van der Waals surface area contributed by atoms with Crippen LogP contribution in [-0.4, -0.2) is 10.2 Å². The van der Waals surface area contributed by atoms with Gasteiger partial charge in [-0.25, -0.2) is 0 Å². The standard InChI is InChI=1S/C104H112O2/c1-55-35-71-36-56(2)91(55)75-43-79(51-83(47-75)101(17,18)19)95-63(9)65(11)96(66(12)64(95)10)80-44-77(49-84(52-80)102(20,21)22)93-59(5)39-73(40-60(93)6)89-33-30-34-90(100(89)106)74-41-61(7)94(62(8)42-74)78-46-82(54-86(50-78)104(26,27)28)98-69(15)67(13)97(68(14)70(98)16)81-45-76(48-85(53-81)103(23,24)25)92-57(3)37-72(38-58(92)4)88-32-29-31-87(71)99(88)105/h29-54,105-106H,1-28H3. The van der Waals surface area contributed by atoms with Crippen LogP contribution in [0.25, 0.3) is 129 Å². The summed E-state index contributed by atoms with van der Waals surface area (Å²) < 4.78 is 0. The lowest BCUT2D eigenvalue weighted by Gasteiger charge is -2.22. The van der Waals surface area contributed by atoms with Crippen LogP contribution >= 0.6 is 0 Å². The number of aryl methyl sites for hydroxylation is 16. The van der Waals surface area contributed by atoms with Crippen molar-refractivity contribution >= 4 is 129 Å². The molecule has 106 heavy (non-hydrogen) atoms. The van der Waals surface area contributed by atoms with Crippen molar-refractivity contribution in [2.75, 3.05) is 0 Å². The van der Waals surface area contributed by atoms with Gasteiger partial charge in [-0.15, -0.1) is 0 Å². The van der Waals surface area contributed by atoms with E-state index < -0.39 is 0 Å². The molecule has 0 aliphatic heterocycles. The quantitative estimate of drug-likeness (QED) is 0.159. The van der Waals surface area contributed by atoms with Crippen LogP contribution in [0, 0.1) is 111 Å². The average molecular weight is 1390 g/mol. The number of aromatic hydroxyl groups is 2. The number of benzene rings is 12. The van der Waals surface area contributed by atoms with Crippen LogP contribution in [0.2, 0.25) is 0 Å². The van der Waals surface area contributed by atoms with Crippen LogP contribution in [0.4, 0.5) is 0 Å². The maximum Gasteiger partial charge on any atom is 0.131 e. The summed E-state index contributed by atoms with van der Waals surface area (Å²) in [6.07, 6.45) is 0. The molecular weight excluding hydrogens is 1280 g/mol. The van der Waals surface area contributed by atoms with E-state index in [0.29, 0.717) is 0 Å². The molecule has 0 spiro atoms. The maximum absolute atomic E-state index is 12.7. The summed E-state index contributed by atoms with van der Waals surface area (Å²) in [5.41, 5.74) is 24.2. The minimum absolute atomic E-state index is 0.132. The van der Waals surface area contributed by atoms with E-state index in [1.165, 1.54) is 153 Å². The molecule has 28 rings (SSSR count). The molecule has 0 fully saturated rings. The van der Waals surface area contributed by atoms with Crippen molar-refractivity contribution in [1.82, 2.24) is 0 Å². The molecule has 24 bridgehead atoms. The number of phenolic OH excluding ortho intramolecular Hbond substituents is 2. The van der Waals surface area contributed by atoms with Crippen LogP contribution in [-0.2, 0) is 21.7 Å². The smallest absolute Gasteiger partial charge is 0.131 e. The minimum Gasteiger partial charge on any atom is -0.507 e. The average Bonchev–Trinajstić information content (AvgIpc) is 0.747. The first kappa shape index (κ1) is 74.5. The molecule has 0 saturated carbocycles. The van der Waals surface area contributed by atoms with Gasteiger partial charge in [0, 0.05) is 21.5 Å². The van der Waals surface area contributed by atoms with Gasteiger partial charge in [0.15, 0.2) is 0 Å². The molecule has 0 radical (unpaired) electrons. The predicted molar refractivity (Wildman–Crippen MR) is 470 cm³/mol. The van der Waals surface area contributed by atoms with Gasteiger partial charge in [0.1, 0.15) is 11.5 Å². The third kappa shape index (κ3) is 13.1. The molecular formula is C104H112O2. The number of para-hydroxylation sites is 2. The molecule has 2 N–H and O–H groups in total. The first-order chi connectivity index (χ1) is 49.5. The molecule has 540 valence electrons. The molecule has 28 aromatic rings. The van der Waals surface area contributed by atoms with E-state index in [9.17, 15) is 10.2 Å². The molecule has 2 heteroatoms. The summed E-state index contributed by atoms with van der Waals surface area (Å²) in [7, 11) is 0. The molecule has 0 unspecified atom stereocenters. The predicted octanol–water partition coefficient (Wildman–Crippen LogP) is 30.1. The van der Waals surface area contributed by atoms with Crippen molar-refractivity contribution in [2.45, 2.75) is 216 Å². The van der Waals surface area contributed by atoms with Crippen LogP contribution in [0.1, 0.15) is 194 Å². The zero-order chi connectivity index (χ0) is 76.9. The summed E-state index contributed by atoms with van der Waals surface area (Å²) in [6.45, 7) is 64.5. The Balaban J connectivity index is 1.17. The third-order valence-electron chi connectivity index (χ3n) is 24.2. The topological polar surface area (TPSA) is 40.5 Å². The Kier molecular flexibility index (Phi) is 18.7. The lowest BCUT2D eigenvalue weighted by molar-refractivity contribution is 0.487. The van der Waals surface area contributed by atoms with Crippen LogP contribution < -0.4 is 0 Å². The summed E-state index contributed by atoms with van der Waals surface area (Å²) in [5, 5.41) is 52.4. The lowest BCUT2D eigenvalue weighted by Crippen LogP contribution is -2.11. The Morgan fingerprint density at radius 3 is 0.462 bits per heavy atom. The Labute approximate surface area is 631 Å². The SMILES string of the molecule is Cc1cc2cc(C)c1c1cc(C(C)(C)C)cc(c1)c1c(C)c(C)c(c(C)c1C)c1cc(C(C)(C)C)cc(c1)c1c(C)cc(cc1C)c1cccc(c1O)c1cc(C)c(c(C)c1)c1cc(C(C)(C)C)cc(c1)c1c(C)c(C)c(c(C)c1C)c1cc(C(C)(C)C)cc(c1)c1c(C)cc(cc1C)c1cccc2c1O. The molecule has 0 atom stereocenters. The van der Waals surface area contributed by atoms with E-state index in [-0.39, 0.29) is 33.2 Å². The van der Waals surface area contributed by atoms with Crippen molar-refractivity contribution in [3.8, 4) is 11.5 Å². The molecule has 0 heterocycles. The monoisotopic (exact) mass is 1390 g/mol. The molecule has 0 aliphatic rings. The highest BCUT2D eigenvalue weighted by atomic mass is 16.3. The Morgan fingerprint density at radius 1 is 0.179 bits per heavy atom. The van der Waals surface area contributed by atoms with Gasteiger partial charge in [-0.2, -0.15) is 0 Å². The normalized spacial score (nSPS) is 12.4. The molecule has 0 amide bonds. The highest BCUT2D eigenvalue weighted by Gasteiger charge is 2.24. The number of phenols is 2. The van der Waals surface area contributed by atoms with Crippen LogP contribution in [0.3, 0.4) is 0 Å². The Morgan fingerprint density at radius 2 is 0.321 bits per heavy atom. The van der Waals surface area contributed by atoms with Gasteiger partial charge in [-0.3, -0.25) is 0 Å². The van der Waals surface area contributed by atoms with Gasteiger partial charge < -0.3 is 10.2 Å². The second kappa shape index (κ2) is 26.6. The van der Waals surface area contributed by atoms with E-state index in [1.54, 1.807) is 0 Å². The van der Waals surface area contributed by atoms with Crippen molar-refractivity contribution in [1.29, 1.82) is 0 Å². The second-order valence-electron chi connectivity index (χ2n) is 36.0. The van der Waals surface area contributed by atoms with E-state index in [1.807, 2.05) is 0 Å². The molecule has 28 aromatic carbocycles. The minimum atomic E-state index is -0.132. The fourth-order valence-corrected chi connectivity index (χ4v) is 18.1. The van der Waals surface area contributed by atoms with Crippen molar-refractivity contribution < 1.29 is 10.2 Å². The lowest BCUT2D eigenvalue weighted by atomic mass is 9.82. The first-order valence-corrected chi connectivity index (χ1v) is 38.5. The second-order valence-corrected chi connectivity index (χ2v) is 36.0. The number of hydrogen-bond donors (Lipinski definition) is 2. The van der Waals surface area contributed by atoms with E-state index in [4.69, 9.17) is 0 Å². The van der Waals surface area contributed by atoms with Crippen LogP contribution in [0.15, 0.2) is 158 Å². The van der Waals surface area contributed by atoms with Gasteiger partial charge in [0.25, 0.3) is 0 Å². The fraction of sp³-hybridized carbons (Fsp3) is 0.308. The largest absolute Gasteiger partial charge is 0.507 e.